The first kappa shape index (κ1) is 13.2. The fourth-order valence-corrected chi connectivity index (χ4v) is 3.98. The lowest BCUT2D eigenvalue weighted by molar-refractivity contribution is 0.257. The van der Waals surface area contributed by atoms with Gasteiger partial charge in [0, 0.05) is 12.1 Å². The minimum Gasteiger partial charge on any atom is -0.311 e. The van der Waals surface area contributed by atoms with E-state index in [0.717, 1.165) is 5.92 Å². The highest BCUT2D eigenvalue weighted by molar-refractivity contribution is 5.30. The topological polar surface area (TPSA) is 12.0 Å². The molecule has 0 bridgehead atoms. The van der Waals surface area contributed by atoms with Crippen LogP contribution in [0.3, 0.4) is 0 Å². The van der Waals surface area contributed by atoms with Crippen molar-refractivity contribution in [3.63, 3.8) is 0 Å². The van der Waals surface area contributed by atoms with E-state index in [1.807, 2.05) is 0 Å². The maximum Gasteiger partial charge on any atom is 0.0113 e. The Morgan fingerprint density at radius 1 is 1.00 bits per heavy atom. The van der Waals surface area contributed by atoms with E-state index in [2.05, 4.69) is 36.5 Å². The minimum absolute atomic E-state index is 0.701. The van der Waals surface area contributed by atoms with Gasteiger partial charge in [-0.2, -0.15) is 0 Å². The largest absolute Gasteiger partial charge is 0.311 e. The summed E-state index contributed by atoms with van der Waals surface area (Å²) >= 11 is 0. The van der Waals surface area contributed by atoms with Crippen molar-refractivity contribution in [3.8, 4) is 0 Å². The average molecular weight is 257 g/mol. The predicted molar refractivity (Wildman–Crippen MR) is 81.4 cm³/mol. The number of rotatable bonds is 3. The molecule has 0 radical (unpaired) electrons. The number of hydrogen-bond donors (Lipinski definition) is 1. The van der Waals surface area contributed by atoms with Crippen LogP contribution in [0.15, 0.2) is 24.3 Å². The van der Waals surface area contributed by atoms with Crippen LogP contribution in [0.2, 0.25) is 0 Å². The van der Waals surface area contributed by atoms with E-state index >= 15 is 0 Å². The maximum atomic E-state index is 3.93. The van der Waals surface area contributed by atoms with Gasteiger partial charge in [0.15, 0.2) is 0 Å². The van der Waals surface area contributed by atoms with E-state index < -0.39 is 0 Å². The van der Waals surface area contributed by atoms with Gasteiger partial charge < -0.3 is 5.32 Å². The summed E-state index contributed by atoms with van der Waals surface area (Å²) in [6.45, 7) is 2.41. The van der Waals surface area contributed by atoms with Crippen LogP contribution in [-0.4, -0.2) is 12.1 Å². The van der Waals surface area contributed by atoms with Crippen LogP contribution < -0.4 is 5.32 Å². The van der Waals surface area contributed by atoms with Crippen LogP contribution in [-0.2, 0) is 12.8 Å². The average Bonchev–Trinajstić information content (AvgIpc) is 2.48. The molecule has 1 aromatic carbocycles. The lowest BCUT2D eigenvalue weighted by Crippen LogP contribution is -2.44. The Bertz CT molecular complexity index is 406. The van der Waals surface area contributed by atoms with E-state index in [1.165, 1.54) is 51.4 Å². The van der Waals surface area contributed by atoms with Gasteiger partial charge in [0.05, 0.1) is 0 Å². The van der Waals surface area contributed by atoms with Crippen molar-refractivity contribution in [2.24, 2.45) is 5.92 Å². The van der Waals surface area contributed by atoms with E-state index in [1.54, 1.807) is 11.1 Å². The quantitative estimate of drug-likeness (QED) is 0.859. The smallest absolute Gasteiger partial charge is 0.0113 e. The standard InChI is InChI=1S/C18H27N/c1-14(15-7-3-2-4-8-15)19-18-12-11-16-9-5-6-10-17(16)13-18/h5-6,9-10,14-15,18-19H,2-4,7-8,11-13H2,1H3/t14-,18?/m0/s1. The molecule has 1 nitrogen and oxygen atoms in total. The lowest BCUT2D eigenvalue weighted by Gasteiger charge is -2.34. The summed E-state index contributed by atoms with van der Waals surface area (Å²) in [7, 11) is 0. The molecule has 2 atom stereocenters. The van der Waals surface area contributed by atoms with Crippen molar-refractivity contribution in [1.82, 2.24) is 5.32 Å². The van der Waals surface area contributed by atoms with Crippen LogP contribution in [0.5, 0.6) is 0 Å². The minimum atomic E-state index is 0.701. The van der Waals surface area contributed by atoms with E-state index in [9.17, 15) is 0 Å². The fourth-order valence-electron chi connectivity index (χ4n) is 3.98. The molecule has 104 valence electrons. The van der Waals surface area contributed by atoms with Crippen molar-refractivity contribution in [1.29, 1.82) is 0 Å². The second-order valence-electron chi connectivity index (χ2n) is 6.56. The Hall–Kier alpha value is -0.820. The van der Waals surface area contributed by atoms with Crippen LogP contribution >= 0.6 is 0 Å². The number of hydrogen-bond acceptors (Lipinski definition) is 1. The summed E-state index contributed by atoms with van der Waals surface area (Å²) < 4.78 is 0. The molecule has 0 aromatic heterocycles. The summed E-state index contributed by atoms with van der Waals surface area (Å²) in [5.74, 6) is 0.922. The predicted octanol–water partition coefficient (Wildman–Crippen LogP) is 4.10. The molecule has 19 heavy (non-hydrogen) atoms. The molecule has 1 fully saturated rings. The summed E-state index contributed by atoms with van der Waals surface area (Å²) in [4.78, 5) is 0. The summed E-state index contributed by atoms with van der Waals surface area (Å²) in [6, 6.07) is 10.4. The molecule has 1 N–H and O–H groups in total. The second-order valence-corrected chi connectivity index (χ2v) is 6.56. The molecule has 2 aliphatic carbocycles. The SMILES string of the molecule is C[C@H](NC1CCc2ccccc2C1)C1CCCCC1. The van der Waals surface area contributed by atoms with Crippen molar-refractivity contribution < 1.29 is 0 Å². The first-order valence-electron chi connectivity index (χ1n) is 8.16. The first-order chi connectivity index (χ1) is 9.33. The zero-order valence-corrected chi connectivity index (χ0v) is 12.2. The molecule has 1 saturated carbocycles. The zero-order valence-electron chi connectivity index (χ0n) is 12.2. The summed E-state index contributed by atoms with van der Waals surface area (Å²) in [5, 5.41) is 3.93. The number of fused-ring (bicyclic) bond motifs is 1. The molecule has 1 aromatic rings. The maximum absolute atomic E-state index is 3.93. The van der Waals surface area contributed by atoms with Gasteiger partial charge in [0.1, 0.15) is 0 Å². The molecule has 0 aliphatic heterocycles. The summed E-state index contributed by atoms with van der Waals surface area (Å²) in [5.41, 5.74) is 3.15. The Morgan fingerprint density at radius 2 is 1.74 bits per heavy atom. The molecule has 1 heteroatoms. The number of benzene rings is 1. The van der Waals surface area contributed by atoms with Gasteiger partial charge >= 0.3 is 0 Å². The Balaban J connectivity index is 1.56. The Kier molecular flexibility index (Phi) is 4.22. The third-order valence-electron chi connectivity index (χ3n) is 5.20. The highest BCUT2D eigenvalue weighted by atomic mass is 15.0. The van der Waals surface area contributed by atoms with Gasteiger partial charge in [0.25, 0.3) is 0 Å². The van der Waals surface area contributed by atoms with Crippen LogP contribution in [0.4, 0.5) is 0 Å². The van der Waals surface area contributed by atoms with Gasteiger partial charge in [-0.3, -0.25) is 0 Å². The van der Waals surface area contributed by atoms with Gasteiger partial charge in [0.2, 0.25) is 0 Å². The number of aryl methyl sites for hydroxylation is 1. The molecule has 0 saturated heterocycles. The molecule has 0 spiro atoms. The zero-order chi connectivity index (χ0) is 13.1. The highest BCUT2D eigenvalue weighted by Gasteiger charge is 2.24. The van der Waals surface area contributed by atoms with Crippen molar-refractivity contribution in [2.75, 3.05) is 0 Å². The van der Waals surface area contributed by atoms with Crippen molar-refractivity contribution in [3.05, 3.63) is 35.4 Å². The van der Waals surface area contributed by atoms with Crippen molar-refractivity contribution in [2.45, 2.75) is 70.4 Å². The fraction of sp³-hybridized carbons (Fsp3) is 0.667. The molecular weight excluding hydrogens is 230 g/mol. The number of nitrogens with one attached hydrogen (secondary N) is 1. The van der Waals surface area contributed by atoms with Crippen LogP contribution in [0.1, 0.15) is 56.6 Å². The molecular formula is C18H27N. The van der Waals surface area contributed by atoms with Gasteiger partial charge in [-0.1, -0.05) is 43.5 Å². The lowest BCUT2D eigenvalue weighted by atomic mass is 9.83. The van der Waals surface area contributed by atoms with Crippen LogP contribution in [0.25, 0.3) is 0 Å². The third kappa shape index (κ3) is 3.20. The van der Waals surface area contributed by atoms with Crippen molar-refractivity contribution >= 4 is 0 Å². The Labute approximate surface area is 117 Å². The highest BCUT2D eigenvalue weighted by Crippen LogP contribution is 2.28. The Morgan fingerprint density at radius 3 is 2.53 bits per heavy atom. The summed E-state index contributed by atoms with van der Waals surface area (Å²) in [6.07, 6.45) is 11.0. The molecule has 3 rings (SSSR count). The van der Waals surface area contributed by atoms with E-state index in [-0.39, 0.29) is 0 Å². The molecule has 1 unspecified atom stereocenters. The molecule has 0 heterocycles. The van der Waals surface area contributed by atoms with E-state index in [0.29, 0.717) is 12.1 Å². The monoisotopic (exact) mass is 257 g/mol. The van der Waals surface area contributed by atoms with Gasteiger partial charge in [-0.15, -0.1) is 0 Å². The van der Waals surface area contributed by atoms with Crippen LogP contribution in [0, 0.1) is 5.92 Å². The second kappa shape index (κ2) is 6.09. The van der Waals surface area contributed by atoms with Gasteiger partial charge in [-0.25, -0.2) is 0 Å². The molecule has 2 aliphatic rings. The first-order valence-corrected chi connectivity index (χ1v) is 8.16. The molecule has 0 amide bonds. The van der Waals surface area contributed by atoms with Gasteiger partial charge in [-0.05, 0) is 56.1 Å². The third-order valence-corrected chi connectivity index (χ3v) is 5.20. The normalized spacial score (nSPS) is 25.8. The van der Waals surface area contributed by atoms with E-state index in [4.69, 9.17) is 0 Å².